The molecule has 0 heterocycles. The second-order valence-electron chi connectivity index (χ2n) is 4.85. The van der Waals surface area contributed by atoms with Gasteiger partial charge in [-0.05, 0) is 50.0 Å². The van der Waals surface area contributed by atoms with E-state index >= 15 is 0 Å². The summed E-state index contributed by atoms with van der Waals surface area (Å²) >= 11 is 0. The Hall–Kier alpha value is -1.63. The number of fused-ring (bicyclic) bond motifs is 1. The molecular weight excluding hydrogens is 208 g/mol. The normalized spacial score (nSPS) is 23.7. The molecule has 2 rings (SSSR count). The maximum atomic E-state index is 12.4. The van der Waals surface area contributed by atoms with Crippen LogP contribution in [0.2, 0.25) is 0 Å². The first-order valence-corrected chi connectivity index (χ1v) is 6.03. The summed E-state index contributed by atoms with van der Waals surface area (Å²) in [5.41, 5.74) is 2.78. The number of allylic oxidation sites excluding steroid dienone is 3. The topological polar surface area (TPSA) is 17.1 Å². The summed E-state index contributed by atoms with van der Waals surface area (Å²) < 4.78 is 0. The lowest BCUT2D eigenvalue weighted by Gasteiger charge is -2.32. The number of benzene rings is 1. The van der Waals surface area contributed by atoms with Crippen molar-refractivity contribution in [3.63, 3.8) is 0 Å². The maximum absolute atomic E-state index is 12.4. The Labute approximate surface area is 103 Å². The van der Waals surface area contributed by atoms with Gasteiger partial charge in [0.05, 0.1) is 5.41 Å². The average Bonchev–Trinajstić information content (AvgIpc) is 2.34. The van der Waals surface area contributed by atoms with Gasteiger partial charge in [0.15, 0.2) is 5.78 Å². The van der Waals surface area contributed by atoms with Crippen molar-refractivity contribution in [3.8, 4) is 0 Å². The zero-order valence-electron chi connectivity index (χ0n) is 10.7. The molecule has 1 nitrogen and oxygen atoms in total. The molecule has 1 aliphatic rings. The minimum Gasteiger partial charge on any atom is -0.294 e. The van der Waals surface area contributed by atoms with E-state index in [4.69, 9.17) is 0 Å². The average molecular weight is 226 g/mol. The molecule has 1 aliphatic carbocycles. The molecule has 1 aromatic carbocycles. The standard InChI is InChI=1S/C16H18O/c1-4-5-10-16(3)14-9-7-6-8-13(14)11-12(2)15(16)17/h4-9,11H,10H2,1-3H3/b5-4+. The number of carbonyl (C=O) groups is 1. The summed E-state index contributed by atoms with van der Waals surface area (Å²) in [4.78, 5) is 12.4. The first-order chi connectivity index (χ1) is 8.09. The van der Waals surface area contributed by atoms with E-state index in [0.29, 0.717) is 0 Å². The van der Waals surface area contributed by atoms with Crippen LogP contribution in [0.15, 0.2) is 42.0 Å². The number of Topliss-reactive ketones (excluding diaryl/α,β-unsaturated/α-hetero) is 1. The third kappa shape index (κ3) is 1.86. The summed E-state index contributed by atoms with van der Waals surface area (Å²) in [6.45, 7) is 5.95. The molecule has 0 spiro atoms. The molecule has 1 aromatic rings. The molecule has 0 bridgehead atoms. The lowest BCUT2D eigenvalue weighted by atomic mass is 9.69. The highest BCUT2D eigenvalue weighted by Crippen LogP contribution is 2.38. The minimum absolute atomic E-state index is 0.245. The highest BCUT2D eigenvalue weighted by Gasteiger charge is 2.38. The van der Waals surface area contributed by atoms with Crippen molar-refractivity contribution in [2.24, 2.45) is 0 Å². The third-order valence-electron chi connectivity index (χ3n) is 3.55. The zero-order chi connectivity index (χ0) is 12.5. The highest BCUT2D eigenvalue weighted by molar-refractivity contribution is 6.09. The molecule has 0 aliphatic heterocycles. The van der Waals surface area contributed by atoms with Gasteiger partial charge in [0, 0.05) is 0 Å². The van der Waals surface area contributed by atoms with Gasteiger partial charge in [-0.25, -0.2) is 0 Å². The van der Waals surface area contributed by atoms with Crippen molar-refractivity contribution >= 4 is 11.9 Å². The first-order valence-electron chi connectivity index (χ1n) is 6.03. The van der Waals surface area contributed by atoms with E-state index in [0.717, 1.165) is 17.6 Å². The van der Waals surface area contributed by atoms with Crippen molar-refractivity contribution in [1.29, 1.82) is 0 Å². The largest absolute Gasteiger partial charge is 0.294 e. The number of hydrogen-bond donors (Lipinski definition) is 0. The van der Waals surface area contributed by atoms with Gasteiger partial charge < -0.3 is 0 Å². The van der Waals surface area contributed by atoms with Crippen molar-refractivity contribution in [2.75, 3.05) is 0 Å². The number of rotatable bonds is 2. The second-order valence-corrected chi connectivity index (χ2v) is 4.85. The zero-order valence-corrected chi connectivity index (χ0v) is 10.7. The summed E-state index contributed by atoms with van der Waals surface area (Å²) in [5.74, 6) is 0.245. The summed E-state index contributed by atoms with van der Waals surface area (Å²) in [6, 6.07) is 8.18. The van der Waals surface area contributed by atoms with Crippen molar-refractivity contribution < 1.29 is 4.79 Å². The molecule has 0 aromatic heterocycles. The fourth-order valence-electron chi connectivity index (χ4n) is 2.54. The van der Waals surface area contributed by atoms with Gasteiger partial charge in [-0.15, -0.1) is 0 Å². The molecule has 0 amide bonds. The molecule has 17 heavy (non-hydrogen) atoms. The Morgan fingerprint density at radius 3 is 2.71 bits per heavy atom. The van der Waals surface area contributed by atoms with Crippen molar-refractivity contribution in [3.05, 3.63) is 53.1 Å². The molecule has 0 saturated carbocycles. The Morgan fingerprint density at radius 2 is 2.00 bits per heavy atom. The van der Waals surface area contributed by atoms with Crippen molar-refractivity contribution in [2.45, 2.75) is 32.6 Å². The molecule has 1 atom stereocenters. The molecule has 0 fully saturated rings. The Kier molecular flexibility index (Phi) is 3.01. The molecule has 1 unspecified atom stereocenters. The van der Waals surface area contributed by atoms with Crippen LogP contribution in [-0.4, -0.2) is 5.78 Å². The molecule has 0 N–H and O–H groups in total. The SMILES string of the molecule is C/C=C/CC1(C)C(=O)C(C)=Cc2ccccc21. The van der Waals surface area contributed by atoms with E-state index in [9.17, 15) is 4.79 Å². The monoisotopic (exact) mass is 226 g/mol. The van der Waals surface area contributed by atoms with Crippen LogP contribution in [0.1, 0.15) is 38.3 Å². The minimum atomic E-state index is -0.401. The Bertz CT molecular complexity index is 508. The van der Waals surface area contributed by atoms with Crippen LogP contribution in [0.25, 0.3) is 6.08 Å². The quantitative estimate of drug-likeness (QED) is 0.699. The molecule has 0 saturated heterocycles. The van der Waals surface area contributed by atoms with E-state index in [1.54, 1.807) is 0 Å². The van der Waals surface area contributed by atoms with Crippen molar-refractivity contribution in [1.82, 2.24) is 0 Å². The third-order valence-corrected chi connectivity index (χ3v) is 3.55. The molecule has 1 heteroatoms. The van der Waals surface area contributed by atoms with E-state index in [1.807, 2.05) is 45.1 Å². The van der Waals surface area contributed by atoms with Gasteiger partial charge in [0.1, 0.15) is 0 Å². The van der Waals surface area contributed by atoms with Crippen LogP contribution in [0.5, 0.6) is 0 Å². The van der Waals surface area contributed by atoms with Crippen LogP contribution in [0, 0.1) is 0 Å². The molecule has 0 radical (unpaired) electrons. The maximum Gasteiger partial charge on any atom is 0.169 e. The first kappa shape index (κ1) is 11.8. The molecular formula is C16H18O. The van der Waals surface area contributed by atoms with E-state index in [-0.39, 0.29) is 5.78 Å². The van der Waals surface area contributed by atoms with Crippen LogP contribution >= 0.6 is 0 Å². The number of carbonyl (C=O) groups excluding carboxylic acids is 1. The smallest absolute Gasteiger partial charge is 0.169 e. The van der Waals surface area contributed by atoms with Crippen LogP contribution in [0.3, 0.4) is 0 Å². The predicted octanol–water partition coefficient (Wildman–Crippen LogP) is 3.90. The van der Waals surface area contributed by atoms with Gasteiger partial charge in [-0.1, -0.05) is 36.4 Å². The Balaban J connectivity index is 2.59. The predicted molar refractivity (Wildman–Crippen MR) is 71.9 cm³/mol. The fourth-order valence-corrected chi connectivity index (χ4v) is 2.54. The molecule has 88 valence electrons. The Morgan fingerprint density at radius 1 is 1.29 bits per heavy atom. The number of ketones is 1. The van der Waals surface area contributed by atoms with Crippen LogP contribution < -0.4 is 0 Å². The van der Waals surface area contributed by atoms with Gasteiger partial charge in [-0.2, -0.15) is 0 Å². The summed E-state index contributed by atoms with van der Waals surface area (Å²) in [7, 11) is 0. The van der Waals surface area contributed by atoms with E-state index in [2.05, 4.69) is 18.2 Å². The summed E-state index contributed by atoms with van der Waals surface area (Å²) in [5, 5.41) is 0. The van der Waals surface area contributed by atoms with Gasteiger partial charge in [0.25, 0.3) is 0 Å². The second kappa shape index (κ2) is 4.33. The van der Waals surface area contributed by atoms with Crippen LogP contribution in [0.4, 0.5) is 0 Å². The summed E-state index contributed by atoms with van der Waals surface area (Å²) in [6.07, 6.45) is 6.85. The van der Waals surface area contributed by atoms with E-state index < -0.39 is 5.41 Å². The number of hydrogen-bond acceptors (Lipinski definition) is 1. The van der Waals surface area contributed by atoms with Crippen LogP contribution in [-0.2, 0) is 10.2 Å². The van der Waals surface area contributed by atoms with Gasteiger partial charge in [-0.3, -0.25) is 4.79 Å². The lowest BCUT2D eigenvalue weighted by Crippen LogP contribution is -2.35. The van der Waals surface area contributed by atoms with E-state index in [1.165, 1.54) is 5.56 Å². The fraction of sp³-hybridized carbons (Fsp3) is 0.312. The lowest BCUT2D eigenvalue weighted by molar-refractivity contribution is -0.120. The van der Waals surface area contributed by atoms with Gasteiger partial charge >= 0.3 is 0 Å². The van der Waals surface area contributed by atoms with Gasteiger partial charge in [0.2, 0.25) is 0 Å². The highest BCUT2D eigenvalue weighted by atomic mass is 16.1.